The van der Waals surface area contributed by atoms with Crippen LogP contribution in [0.25, 0.3) is 121 Å². The lowest BCUT2D eigenvalue weighted by Crippen LogP contribution is -2.03. The van der Waals surface area contributed by atoms with Crippen LogP contribution in [0, 0.1) is 0 Å². The highest BCUT2D eigenvalue weighted by molar-refractivity contribution is 6.15. The molecule has 10 aromatic carbocycles. The molecule has 62 heavy (non-hydrogen) atoms. The van der Waals surface area contributed by atoms with Crippen LogP contribution in [0.1, 0.15) is 0 Å². The highest BCUT2D eigenvalue weighted by Gasteiger charge is 2.21. The highest BCUT2D eigenvalue weighted by atomic mass is 15.1. The van der Waals surface area contributed by atoms with Crippen molar-refractivity contribution in [2.45, 2.75) is 0 Å². The van der Waals surface area contributed by atoms with Crippen LogP contribution in [0.3, 0.4) is 0 Å². The van der Waals surface area contributed by atoms with Crippen LogP contribution in [-0.4, -0.2) is 19.1 Å². The van der Waals surface area contributed by atoms with E-state index >= 15 is 0 Å². The predicted molar refractivity (Wildman–Crippen MR) is 260 cm³/mol. The highest BCUT2D eigenvalue weighted by Crippen LogP contribution is 2.40. The predicted octanol–water partition coefficient (Wildman–Crippen LogP) is 15.1. The average Bonchev–Trinajstić information content (AvgIpc) is 3.84. The summed E-state index contributed by atoms with van der Waals surface area (Å²) in [5.74, 6) is 1.53. The molecule has 0 aliphatic heterocycles. The molecule has 0 amide bonds. The fourth-order valence-corrected chi connectivity index (χ4v) is 9.67. The molecule has 288 valence electrons. The first-order valence-corrected chi connectivity index (χ1v) is 21.1. The van der Waals surface area contributed by atoms with E-state index in [1.807, 2.05) is 0 Å². The molecule has 0 saturated carbocycles. The van der Waals surface area contributed by atoms with Gasteiger partial charge in [-0.2, -0.15) is 0 Å². The largest absolute Gasteiger partial charge is 0.309 e. The summed E-state index contributed by atoms with van der Waals surface area (Å²) < 4.78 is 4.76. The van der Waals surface area contributed by atoms with Gasteiger partial charge in [-0.15, -0.1) is 0 Å². The van der Waals surface area contributed by atoms with E-state index in [4.69, 9.17) is 9.97 Å². The minimum atomic E-state index is 0.678. The molecule has 0 spiro atoms. The summed E-state index contributed by atoms with van der Waals surface area (Å²) in [5.41, 5.74) is 12.1. The first-order chi connectivity index (χ1) is 30.7. The Hall–Kier alpha value is -8.34. The minimum absolute atomic E-state index is 0.678. The molecule has 0 aliphatic carbocycles. The third-order valence-corrected chi connectivity index (χ3v) is 12.7. The second-order valence-corrected chi connectivity index (χ2v) is 16.2. The molecule has 0 atom stereocenters. The van der Waals surface area contributed by atoms with Gasteiger partial charge >= 0.3 is 0 Å². The van der Waals surface area contributed by atoms with Crippen molar-refractivity contribution in [2.75, 3.05) is 0 Å². The molecule has 3 aromatic heterocycles. The van der Waals surface area contributed by atoms with Gasteiger partial charge in [-0.1, -0.05) is 152 Å². The number of rotatable bonds is 5. The normalized spacial score (nSPS) is 11.9. The Balaban J connectivity index is 1.10. The van der Waals surface area contributed by atoms with Crippen LogP contribution >= 0.6 is 0 Å². The summed E-state index contributed by atoms with van der Waals surface area (Å²) in [4.78, 5) is 11.1. The van der Waals surface area contributed by atoms with Crippen molar-refractivity contribution < 1.29 is 0 Å². The molecule has 13 rings (SSSR count). The Morgan fingerprint density at radius 2 is 0.839 bits per heavy atom. The maximum absolute atomic E-state index is 5.63. The van der Waals surface area contributed by atoms with E-state index in [0.717, 1.165) is 72.1 Å². The van der Waals surface area contributed by atoms with E-state index in [1.165, 1.54) is 43.3 Å². The smallest absolute Gasteiger partial charge is 0.162 e. The van der Waals surface area contributed by atoms with Gasteiger partial charge in [0.15, 0.2) is 5.82 Å². The molecule has 0 saturated heterocycles. The molecule has 3 heterocycles. The fraction of sp³-hybridized carbons (Fsp3) is 0. The molecule has 0 fully saturated rings. The first-order valence-electron chi connectivity index (χ1n) is 21.1. The molecular weight excluding hydrogens is 753 g/mol. The van der Waals surface area contributed by atoms with Crippen LogP contribution in [-0.2, 0) is 0 Å². The number of fused-ring (bicyclic) bond motifs is 9. The van der Waals surface area contributed by atoms with Crippen LogP contribution in [0.15, 0.2) is 218 Å². The number of aromatic nitrogens is 4. The van der Waals surface area contributed by atoms with E-state index in [9.17, 15) is 0 Å². The third-order valence-electron chi connectivity index (χ3n) is 12.7. The Labute approximate surface area is 357 Å². The maximum Gasteiger partial charge on any atom is 0.162 e. The van der Waals surface area contributed by atoms with E-state index in [-0.39, 0.29) is 0 Å². The monoisotopic (exact) mass is 788 g/mol. The quantitative estimate of drug-likeness (QED) is 0.174. The maximum atomic E-state index is 5.63. The van der Waals surface area contributed by atoms with Gasteiger partial charge in [-0.05, 0) is 111 Å². The topological polar surface area (TPSA) is 35.6 Å². The van der Waals surface area contributed by atoms with E-state index in [1.54, 1.807) is 0 Å². The van der Waals surface area contributed by atoms with Crippen LogP contribution < -0.4 is 0 Å². The zero-order valence-corrected chi connectivity index (χ0v) is 33.6. The Morgan fingerprint density at radius 3 is 1.61 bits per heavy atom. The van der Waals surface area contributed by atoms with Crippen LogP contribution in [0.4, 0.5) is 0 Å². The molecule has 0 unspecified atom stereocenters. The molecule has 0 bridgehead atoms. The van der Waals surface area contributed by atoms with E-state index < -0.39 is 0 Å². The van der Waals surface area contributed by atoms with Crippen molar-refractivity contribution in [2.24, 2.45) is 0 Å². The van der Waals surface area contributed by atoms with Crippen molar-refractivity contribution in [3.8, 4) is 45.1 Å². The van der Waals surface area contributed by atoms with Crippen molar-refractivity contribution >= 4 is 76.1 Å². The summed E-state index contributed by atoms with van der Waals surface area (Å²) in [6.45, 7) is 0. The lowest BCUT2D eigenvalue weighted by Gasteiger charge is -2.15. The van der Waals surface area contributed by atoms with Crippen LogP contribution in [0.2, 0.25) is 0 Å². The number of para-hydroxylation sites is 1. The number of hydrogen-bond acceptors (Lipinski definition) is 2. The van der Waals surface area contributed by atoms with Crippen LogP contribution in [0.5, 0.6) is 0 Å². The number of hydrogen-bond donors (Lipinski definition) is 0. The molecule has 0 radical (unpaired) electrons. The SMILES string of the molecule is c1ccc(-c2ccc3c(-n4c5cc(-c6ccccc6)ccc5c5cc6ccccc6cc54)nc(-c4ccc5c(c4)c4ccccc4n5-c4ccc5ccccc5c4)nc3c2)cc1. The Morgan fingerprint density at radius 1 is 0.274 bits per heavy atom. The lowest BCUT2D eigenvalue weighted by molar-refractivity contribution is 1.08. The average molecular weight is 789 g/mol. The summed E-state index contributed by atoms with van der Waals surface area (Å²) >= 11 is 0. The second kappa shape index (κ2) is 13.6. The van der Waals surface area contributed by atoms with Crippen molar-refractivity contribution in [1.29, 1.82) is 0 Å². The van der Waals surface area contributed by atoms with E-state index in [0.29, 0.717) is 5.82 Å². The van der Waals surface area contributed by atoms with Gasteiger partial charge in [0.1, 0.15) is 5.82 Å². The standard InChI is InChI=1S/C58H36N4/c1-3-13-37(14-4-1)43-25-29-49-52(34-43)59-57(45-26-30-54-50(33-45)47-21-11-12-22-53(47)61(54)46-27-23-39-17-7-8-18-40(39)31-46)60-58(49)62-55-36-44(38-15-5-2-6-16-38)24-28-48(55)51-32-41-19-9-10-20-42(41)35-56(51)62/h1-36H. The summed E-state index contributed by atoms with van der Waals surface area (Å²) in [6.07, 6.45) is 0. The second-order valence-electron chi connectivity index (χ2n) is 16.2. The zero-order valence-electron chi connectivity index (χ0n) is 33.6. The fourth-order valence-electron chi connectivity index (χ4n) is 9.67. The molecular formula is C58H36N4. The number of nitrogens with zero attached hydrogens (tertiary/aromatic N) is 4. The summed E-state index contributed by atoms with van der Waals surface area (Å²) in [6, 6.07) is 78.7. The van der Waals surface area contributed by atoms with Gasteiger partial charge in [-0.25, -0.2) is 9.97 Å². The van der Waals surface area contributed by atoms with Crippen molar-refractivity contribution in [1.82, 2.24) is 19.1 Å². The minimum Gasteiger partial charge on any atom is -0.309 e. The van der Waals surface area contributed by atoms with Gasteiger partial charge < -0.3 is 4.57 Å². The zero-order chi connectivity index (χ0) is 40.7. The Kier molecular flexibility index (Phi) is 7.57. The third kappa shape index (κ3) is 5.40. The molecule has 13 aromatic rings. The molecule has 0 aliphatic rings. The first kappa shape index (κ1) is 34.5. The van der Waals surface area contributed by atoms with Crippen molar-refractivity contribution in [3.05, 3.63) is 218 Å². The number of benzene rings is 10. The lowest BCUT2D eigenvalue weighted by atomic mass is 10.0. The summed E-state index contributed by atoms with van der Waals surface area (Å²) in [7, 11) is 0. The van der Waals surface area contributed by atoms with Gasteiger partial charge in [0.2, 0.25) is 0 Å². The summed E-state index contributed by atoms with van der Waals surface area (Å²) in [5, 5.41) is 10.5. The Bertz CT molecular complexity index is 3920. The van der Waals surface area contributed by atoms with Crippen molar-refractivity contribution in [3.63, 3.8) is 0 Å². The van der Waals surface area contributed by atoms with Gasteiger partial charge in [-0.3, -0.25) is 4.57 Å². The van der Waals surface area contributed by atoms with Gasteiger partial charge in [0.05, 0.1) is 27.6 Å². The molecule has 4 heteroatoms. The van der Waals surface area contributed by atoms with Gasteiger partial charge in [0, 0.05) is 38.2 Å². The van der Waals surface area contributed by atoms with E-state index in [2.05, 4.69) is 228 Å². The van der Waals surface area contributed by atoms with Gasteiger partial charge in [0.25, 0.3) is 0 Å². The molecule has 0 N–H and O–H groups in total. The molecule has 4 nitrogen and oxygen atoms in total.